The fourth-order valence-electron chi connectivity index (χ4n) is 1.93. The molecule has 2 rings (SSSR count). The summed E-state index contributed by atoms with van der Waals surface area (Å²) in [6.07, 6.45) is 0.388. The number of nitriles is 1. The summed E-state index contributed by atoms with van der Waals surface area (Å²) in [5.41, 5.74) is 1.25. The molecule has 0 radical (unpaired) electrons. The number of rotatable bonds is 5. The summed E-state index contributed by atoms with van der Waals surface area (Å²) in [7, 11) is 0. The van der Waals surface area contributed by atoms with Crippen LogP contribution in [0.5, 0.6) is 5.75 Å². The summed E-state index contributed by atoms with van der Waals surface area (Å²) in [5.74, 6) is 0.135. The highest BCUT2D eigenvalue weighted by atomic mass is 19.1. The summed E-state index contributed by atoms with van der Waals surface area (Å²) in [4.78, 5) is 11.0. The highest BCUT2D eigenvalue weighted by molar-refractivity contribution is 5.78. The quantitative estimate of drug-likeness (QED) is 0.845. The van der Waals surface area contributed by atoms with Gasteiger partial charge in [-0.15, -0.1) is 0 Å². The molecule has 21 heavy (non-hydrogen) atoms. The second kappa shape index (κ2) is 6.67. The van der Waals surface area contributed by atoms with Gasteiger partial charge < -0.3 is 4.74 Å². The van der Waals surface area contributed by atoms with Gasteiger partial charge in [-0.2, -0.15) is 5.26 Å². The van der Waals surface area contributed by atoms with Crippen molar-refractivity contribution in [3.63, 3.8) is 0 Å². The molecule has 2 aromatic rings. The Morgan fingerprint density at radius 2 is 1.95 bits per heavy atom. The predicted octanol–water partition coefficient (Wildman–Crippen LogP) is 3.41. The van der Waals surface area contributed by atoms with Crippen LogP contribution in [-0.4, -0.2) is 5.78 Å². The van der Waals surface area contributed by atoms with Crippen LogP contribution >= 0.6 is 0 Å². The molecule has 0 saturated heterocycles. The fourth-order valence-corrected chi connectivity index (χ4v) is 1.93. The minimum atomic E-state index is -0.548. The van der Waals surface area contributed by atoms with Gasteiger partial charge >= 0.3 is 0 Å². The van der Waals surface area contributed by atoms with Crippen molar-refractivity contribution in [1.82, 2.24) is 0 Å². The first-order valence-electron chi connectivity index (χ1n) is 6.49. The molecule has 4 heteroatoms. The van der Waals surface area contributed by atoms with Crippen molar-refractivity contribution < 1.29 is 13.9 Å². The van der Waals surface area contributed by atoms with E-state index in [9.17, 15) is 9.18 Å². The summed E-state index contributed by atoms with van der Waals surface area (Å²) in [6, 6.07) is 13.5. The molecule has 0 unspecified atom stereocenters. The molecule has 106 valence electrons. The number of benzene rings is 2. The molecule has 0 N–H and O–H groups in total. The summed E-state index contributed by atoms with van der Waals surface area (Å²) in [5, 5.41) is 8.77. The molecule has 0 atom stereocenters. The van der Waals surface area contributed by atoms with E-state index in [2.05, 4.69) is 0 Å². The molecule has 2 aromatic carbocycles. The summed E-state index contributed by atoms with van der Waals surface area (Å²) < 4.78 is 19.3. The minimum absolute atomic E-state index is 0.00732. The molecular weight excluding hydrogens is 269 g/mol. The Hall–Kier alpha value is -2.67. The lowest BCUT2D eigenvalue weighted by molar-refractivity contribution is -0.116. The van der Waals surface area contributed by atoms with E-state index in [1.165, 1.54) is 13.0 Å². The van der Waals surface area contributed by atoms with E-state index in [1.807, 2.05) is 0 Å². The van der Waals surface area contributed by atoms with Crippen molar-refractivity contribution in [3.8, 4) is 11.8 Å². The van der Waals surface area contributed by atoms with Gasteiger partial charge in [-0.05, 0) is 30.7 Å². The van der Waals surface area contributed by atoms with E-state index in [0.717, 1.165) is 5.56 Å². The third-order valence-corrected chi connectivity index (χ3v) is 2.97. The van der Waals surface area contributed by atoms with E-state index < -0.39 is 5.82 Å². The van der Waals surface area contributed by atoms with E-state index in [1.54, 1.807) is 42.5 Å². The Morgan fingerprint density at radius 3 is 2.57 bits per heavy atom. The normalized spacial score (nSPS) is 9.95. The maximum absolute atomic E-state index is 13.8. The Kier molecular flexibility index (Phi) is 4.68. The molecule has 0 aliphatic rings. The molecule has 0 bridgehead atoms. The monoisotopic (exact) mass is 283 g/mol. The zero-order valence-electron chi connectivity index (χ0n) is 11.6. The molecule has 0 aliphatic heterocycles. The predicted molar refractivity (Wildman–Crippen MR) is 76.3 cm³/mol. The second-order valence-electron chi connectivity index (χ2n) is 4.70. The van der Waals surface area contributed by atoms with Crippen LogP contribution in [-0.2, 0) is 17.8 Å². The highest BCUT2D eigenvalue weighted by Crippen LogP contribution is 2.17. The maximum atomic E-state index is 13.8. The van der Waals surface area contributed by atoms with Crippen LogP contribution < -0.4 is 4.74 Å². The lowest BCUT2D eigenvalue weighted by Gasteiger charge is -2.08. The number of halogens is 1. The summed E-state index contributed by atoms with van der Waals surface area (Å²) in [6.45, 7) is 1.59. The summed E-state index contributed by atoms with van der Waals surface area (Å²) >= 11 is 0. The smallest absolute Gasteiger partial charge is 0.147 e. The Morgan fingerprint density at radius 1 is 1.24 bits per heavy atom. The SMILES string of the molecule is CC(=O)Cc1ccc(OCc2cccc(C#N)c2F)cc1. The zero-order chi connectivity index (χ0) is 15.2. The van der Waals surface area contributed by atoms with E-state index >= 15 is 0 Å². The topological polar surface area (TPSA) is 50.1 Å². The van der Waals surface area contributed by atoms with E-state index in [0.29, 0.717) is 17.7 Å². The molecule has 0 amide bonds. The van der Waals surface area contributed by atoms with Gasteiger partial charge in [0.2, 0.25) is 0 Å². The molecule has 0 aromatic heterocycles. The third-order valence-electron chi connectivity index (χ3n) is 2.97. The second-order valence-corrected chi connectivity index (χ2v) is 4.70. The van der Waals surface area contributed by atoms with Crippen LogP contribution in [0.25, 0.3) is 0 Å². The van der Waals surface area contributed by atoms with Crippen molar-refractivity contribution in [3.05, 3.63) is 65.0 Å². The van der Waals surface area contributed by atoms with Crippen molar-refractivity contribution in [2.75, 3.05) is 0 Å². The van der Waals surface area contributed by atoms with Gasteiger partial charge in [-0.25, -0.2) is 4.39 Å². The number of hydrogen-bond donors (Lipinski definition) is 0. The van der Waals surface area contributed by atoms with Gasteiger partial charge in [-0.1, -0.05) is 24.3 Å². The van der Waals surface area contributed by atoms with Crippen LogP contribution in [0.1, 0.15) is 23.6 Å². The lowest BCUT2D eigenvalue weighted by Crippen LogP contribution is -2.01. The van der Waals surface area contributed by atoms with Crippen LogP contribution in [0.15, 0.2) is 42.5 Å². The maximum Gasteiger partial charge on any atom is 0.147 e. The Balaban J connectivity index is 2.03. The number of nitrogens with zero attached hydrogens (tertiary/aromatic N) is 1. The number of ketones is 1. The molecule has 0 spiro atoms. The van der Waals surface area contributed by atoms with Gasteiger partial charge in [0.15, 0.2) is 0 Å². The molecule has 0 aliphatic carbocycles. The van der Waals surface area contributed by atoms with Gasteiger partial charge in [0.05, 0.1) is 5.56 Å². The molecule has 0 saturated carbocycles. The number of hydrogen-bond acceptors (Lipinski definition) is 3. The van der Waals surface area contributed by atoms with Crippen LogP contribution in [0, 0.1) is 17.1 Å². The molecule has 3 nitrogen and oxygen atoms in total. The standard InChI is InChI=1S/C17H14FNO2/c1-12(20)9-13-5-7-16(8-6-13)21-11-15-4-2-3-14(10-19)17(15)18/h2-8H,9,11H2,1H3. The number of carbonyl (C=O) groups is 1. The van der Waals surface area contributed by atoms with Crippen LogP contribution in [0.3, 0.4) is 0 Å². The largest absolute Gasteiger partial charge is 0.489 e. The Labute approximate surface area is 122 Å². The third kappa shape index (κ3) is 3.90. The average Bonchev–Trinajstić information content (AvgIpc) is 2.47. The number of Topliss-reactive ketones (excluding diaryl/α,β-unsaturated/α-hetero) is 1. The van der Waals surface area contributed by atoms with Gasteiger partial charge in [0.1, 0.15) is 30.0 Å². The number of carbonyl (C=O) groups excluding carboxylic acids is 1. The zero-order valence-corrected chi connectivity index (χ0v) is 11.6. The van der Waals surface area contributed by atoms with Crippen molar-refractivity contribution in [1.29, 1.82) is 5.26 Å². The lowest BCUT2D eigenvalue weighted by atomic mass is 10.1. The molecular formula is C17H14FNO2. The van der Waals surface area contributed by atoms with Gasteiger partial charge in [0.25, 0.3) is 0 Å². The van der Waals surface area contributed by atoms with Gasteiger partial charge in [-0.3, -0.25) is 4.79 Å². The molecule has 0 fully saturated rings. The number of ether oxygens (including phenoxy) is 1. The molecule has 0 heterocycles. The fraction of sp³-hybridized carbons (Fsp3) is 0.176. The first-order chi connectivity index (χ1) is 10.1. The van der Waals surface area contributed by atoms with Crippen molar-refractivity contribution in [2.24, 2.45) is 0 Å². The Bertz CT molecular complexity index is 687. The van der Waals surface area contributed by atoms with Crippen LogP contribution in [0.4, 0.5) is 4.39 Å². The first kappa shape index (κ1) is 14.7. The van der Waals surface area contributed by atoms with E-state index in [4.69, 9.17) is 10.00 Å². The van der Waals surface area contributed by atoms with Crippen molar-refractivity contribution in [2.45, 2.75) is 20.0 Å². The highest BCUT2D eigenvalue weighted by Gasteiger charge is 2.08. The average molecular weight is 283 g/mol. The van der Waals surface area contributed by atoms with Crippen LogP contribution in [0.2, 0.25) is 0 Å². The minimum Gasteiger partial charge on any atom is -0.489 e. The van der Waals surface area contributed by atoms with Gasteiger partial charge in [0, 0.05) is 12.0 Å². The van der Waals surface area contributed by atoms with Crippen molar-refractivity contribution >= 4 is 5.78 Å². The van der Waals surface area contributed by atoms with E-state index in [-0.39, 0.29) is 18.0 Å². The first-order valence-corrected chi connectivity index (χ1v) is 6.49.